The van der Waals surface area contributed by atoms with Crippen molar-refractivity contribution in [2.24, 2.45) is 5.73 Å². The highest BCUT2D eigenvalue weighted by molar-refractivity contribution is 6.30. The Labute approximate surface area is 95.4 Å². The number of methoxy groups -OCH3 is 1. The largest absolute Gasteiger partial charge is 0.465 e. The highest BCUT2D eigenvalue weighted by atomic mass is 35.5. The summed E-state index contributed by atoms with van der Waals surface area (Å²) in [4.78, 5) is 14.9. The summed E-state index contributed by atoms with van der Waals surface area (Å²) in [5.41, 5.74) is 4.55. The smallest absolute Gasteiger partial charge is 0.338 e. The molecule has 0 saturated heterocycles. The number of esters is 1. The van der Waals surface area contributed by atoms with E-state index in [0.29, 0.717) is 0 Å². The molecule has 2 N–H and O–H groups in total. The molecule has 1 rings (SSSR count). The normalized spacial score (nSPS) is 10.6. The molecule has 0 saturated carbocycles. The zero-order valence-electron chi connectivity index (χ0n) is 8.34. The van der Waals surface area contributed by atoms with E-state index in [4.69, 9.17) is 17.3 Å². The van der Waals surface area contributed by atoms with Crippen molar-refractivity contribution in [1.82, 2.24) is 4.98 Å². The second-order valence-electron chi connectivity index (χ2n) is 2.86. The number of nitrogens with zero attached hydrogens (tertiary/aromatic N) is 1. The predicted octanol–water partition coefficient (Wildman–Crippen LogP) is 1.92. The van der Waals surface area contributed by atoms with Gasteiger partial charge in [-0.25, -0.2) is 18.6 Å². The zero-order valence-corrected chi connectivity index (χ0v) is 9.09. The molecule has 1 aromatic heterocycles. The Morgan fingerprint density at radius 2 is 2.31 bits per heavy atom. The summed E-state index contributed by atoms with van der Waals surface area (Å²) in [5, 5.41) is -0.424. The van der Waals surface area contributed by atoms with Gasteiger partial charge < -0.3 is 10.5 Å². The Kier molecular flexibility index (Phi) is 4.14. The number of alkyl halides is 2. The van der Waals surface area contributed by atoms with Crippen molar-refractivity contribution in [2.75, 3.05) is 7.11 Å². The predicted molar refractivity (Wildman–Crippen MR) is 53.4 cm³/mol. The Morgan fingerprint density at radius 3 is 2.75 bits per heavy atom. The number of carbonyl (C=O) groups is 1. The fraction of sp³-hybridized carbons (Fsp3) is 0.333. The van der Waals surface area contributed by atoms with Crippen LogP contribution in [0.25, 0.3) is 0 Å². The molecule has 0 aromatic carbocycles. The van der Waals surface area contributed by atoms with Crippen LogP contribution >= 0.6 is 11.6 Å². The Bertz CT molecular complexity index is 413. The second-order valence-corrected chi connectivity index (χ2v) is 3.22. The van der Waals surface area contributed by atoms with E-state index in [-0.39, 0.29) is 17.7 Å². The van der Waals surface area contributed by atoms with Crippen LogP contribution in [0.15, 0.2) is 6.20 Å². The van der Waals surface area contributed by atoms with Crippen LogP contribution in [-0.4, -0.2) is 18.1 Å². The van der Waals surface area contributed by atoms with Crippen LogP contribution in [0.5, 0.6) is 0 Å². The molecule has 7 heteroatoms. The van der Waals surface area contributed by atoms with Crippen LogP contribution in [0.4, 0.5) is 8.78 Å². The molecule has 0 aliphatic heterocycles. The number of halogens is 3. The molecule has 1 heterocycles. The number of hydrogen-bond donors (Lipinski definition) is 1. The molecule has 0 aliphatic carbocycles. The van der Waals surface area contributed by atoms with Crippen LogP contribution < -0.4 is 5.73 Å². The molecule has 0 bridgehead atoms. The molecule has 0 fully saturated rings. The number of pyridine rings is 1. The van der Waals surface area contributed by atoms with Crippen LogP contribution in [0.1, 0.15) is 27.9 Å². The summed E-state index contributed by atoms with van der Waals surface area (Å²) in [5.74, 6) is -0.903. The topological polar surface area (TPSA) is 65.2 Å². The maximum absolute atomic E-state index is 12.7. The van der Waals surface area contributed by atoms with Crippen molar-refractivity contribution >= 4 is 17.6 Å². The van der Waals surface area contributed by atoms with Gasteiger partial charge in [0.2, 0.25) is 0 Å². The molecular weight excluding hydrogens is 242 g/mol. The van der Waals surface area contributed by atoms with E-state index in [2.05, 4.69) is 9.72 Å². The number of carbonyl (C=O) groups excluding carboxylic acids is 1. The maximum atomic E-state index is 12.7. The third-order valence-corrected chi connectivity index (χ3v) is 2.28. The summed E-state index contributed by atoms with van der Waals surface area (Å²) >= 11 is 5.51. The minimum Gasteiger partial charge on any atom is -0.465 e. The minimum absolute atomic E-state index is 0.103. The lowest BCUT2D eigenvalue weighted by Gasteiger charge is -2.12. The molecular formula is C9H9ClF2N2O2. The van der Waals surface area contributed by atoms with Crippen LogP contribution in [-0.2, 0) is 11.3 Å². The van der Waals surface area contributed by atoms with Gasteiger partial charge in [0.05, 0.1) is 18.2 Å². The van der Waals surface area contributed by atoms with Crippen molar-refractivity contribution < 1.29 is 18.3 Å². The zero-order chi connectivity index (χ0) is 12.3. The first kappa shape index (κ1) is 12.8. The van der Waals surface area contributed by atoms with E-state index in [0.717, 1.165) is 7.11 Å². The Hall–Kier alpha value is -1.27. The minimum atomic E-state index is -2.92. The fourth-order valence-corrected chi connectivity index (χ4v) is 1.47. The van der Waals surface area contributed by atoms with Crippen molar-refractivity contribution in [2.45, 2.75) is 13.0 Å². The van der Waals surface area contributed by atoms with Crippen molar-refractivity contribution in [3.05, 3.63) is 28.0 Å². The first-order valence-electron chi connectivity index (χ1n) is 4.26. The Balaban J connectivity index is 3.48. The summed E-state index contributed by atoms with van der Waals surface area (Å²) in [7, 11) is 1.09. The van der Waals surface area contributed by atoms with E-state index in [1.54, 1.807) is 0 Å². The summed E-state index contributed by atoms with van der Waals surface area (Å²) in [6.45, 7) is -0.103. The van der Waals surface area contributed by atoms with Crippen molar-refractivity contribution in [1.29, 1.82) is 0 Å². The SMILES string of the molecule is COC(=O)c1c(CN)cnc(Cl)c1C(F)F. The molecule has 88 valence electrons. The Morgan fingerprint density at radius 1 is 1.69 bits per heavy atom. The lowest BCUT2D eigenvalue weighted by atomic mass is 10.0. The first-order valence-corrected chi connectivity index (χ1v) is 4.64. The highest BCUT2D eigenvalue weighted by Crippen LogP contribution is 2.31. The van der Waals surface area contributed by atoms with E-state index in [1.807, 2.05) is 0 Å². The number of nitrogens with two attached hydrogens (primary N) is 1. The van der Waals surface area contributed by atoms with Crippen LogP contribution in [0.3, 0.4) is 0 Å². The number of ether oxygens (including phenoxy) is 1. The fourth-order valence-electron chi connectivity index (χ4n) is 1.24. The van der Waals surface area contributed by atoms with Crippen LogP contribution in [0, 0.1) is 0 Å². The average molecular weight is 251 g/mol. The van der Waals surface area contributed by atoms with Gasteiger partial charge in [0.25, 0.3) is 6.43 Å². The molecule has 0 amide bonds. The molecule has 0 atom stereocenters. The van der Waals surface area contributed by atoms with E-state index < -0.39 is 23.1 Å². The van der Waals surface area contributed by atoms with Gasteiger partial charge in [-0.05, 0) is 5.56 Å². The lowest BCUT2D eigenvalue weighted by Crippen LogP contribution is -2.14. The van der Waals surface area contributed by atoms with Gasteiger partial charge in [-0.1, -0.05) is 11.6 Å². The summed E-state index contributed by atoms with van der Waals surface area (Å²) in [6, 6.07) is 0. The molecule has 0 aliphatic rings. The monoisotopic (exact) mass is 250 g/mol. The first-order chi connectivity index (χ1) is 7.52. The molecule has 4 nitrogen and oxygen atoms in total. The molecule has 16 heavy (non-hydrogen) atoms. The molecule has 0 spiro atoms. The van der Waals surface area contributed by atoms with Gasteiger partial charge in [0.1, 0.15) is 5.15 Å². The number of hydrogen-bond acceptors (Lipinski definition) is 4. The number of rotatable bonds is 3. The molecule has 1 aromatic rings. The summed E-state index contributed by atoms with van der Waals surface area (Å²) < 4.78 is 29.9. The van der Waals surface area contributed by atoms with Gasteiger partial charge >= 0.3 is 5.97 Å². The van der Waals surface area contributed by atoms with Gasteiger partial charge in [-0.3, -0.25) is 0 Å². The third-order valence-electron chi connectivity index (χ3n) is 1.97. The summed E-state index contributed by atoms with van der Waals surface area (Å²) in [6.07, 6.45) is -1.74. The molecule has 0 unspecified atom stereocenters. The van der Waals surface area contributed by atoms with Crippen molar-refractivity contribution in [3.8, 4) is 0 Å². The maximum Gasteiger partial charge on any atom is 0.338 e. The average Bonchev–Trinajstić information content (AvgIpc) is 2.27. The number of aromatic nitrogens is 1. The van der Waals surface area contributed by atoms with Gasteiger partial charge in [0, 0.05) is 12.7 Å². The second kappa shape index (κ2) is 5.18. The van der Waals surface area contributed by atoms with E-state index in [9.17, 15) is 13.6 Å². The van der Waals surface area contributed by atoms with Gasteiger partial charge in [-0.2, -0.15) is 0 Å². The van der Waals surface area contributed by atoms with E-state index in [1.165, 1.54) is 6.20 Å². The molecule has 0 radical (unpaired) electrons. The van der Waals surface area contributed by atoms with E-state index >= 15 is 0 Å². The quantitative estimate of drug-likeness (QED) is 0.657. The van der Waals surface area contributed by atoms with Gasteiger partial charge in [0.15, 0.2) is 0 Å². The standard InChI is InChI=1S/C9H9ClF2N2O2/c1-16-9(15)5-4(2-13)3-14-7(10)6(5)8(11)12/h3,8H,2,13H2,1H3. The van der Waals surface area contributed by atoms with Gasteiger partial charge in [-0.15, -0.1) is 0 Å². The third kappa shape index (κ3) is 2.28. The van der Waals surface area contributed by atoms with Crippen molar-refractivity contribution in [3.63, 3.8) is 0 Å². The lowest BCUT2D eigenvalue weighted by molar-refractivity contribution is 0.0587. The highest BCUT2D eigenvalue weighted by Gasteiger charge is 2.26. The van der Waals surface area contributed by atoms with Crippen LogP contribution in [0.2, 0.25) is 5.15 Å².